The van der Waals surface area contributed by atoms with Gasteiger partial charge in [0.05, 0.1) is 0 Å². The van der Waals surface area contributed by atoms with Crippen molar-refractivity contribution in [2.45, 2.75) is 13.3 Å². The number of carbonyl (C=O) groups is 1. The molecule has 0 saturated carbocycles. The van der Waals surface area contributed by atoms with Crippen molar-refractivity contribution in [1.29, 1.82) is 5.26 Å². The third kappa shape index (κ3) is 5.88. The van der Waals surface area contributed by atoms with Crippen LogP contribution in [0.3, 0.4) is 0 Å². The maximum atomic E-state index is 10.9. The van der Waals surface area contributed by atoms with Gasteiger partial charge >= 0.3 is 0 Å². The molecule has 0 aromatic carbocycles. The van der Waals surface area contributed by atoms with E-state index >= 15 is 0 Å². The van der Waals surface area contributed by atoms with E-state index in [0.717, 1.165) is 6.42 Å². The first-order valence-electron chi connectivity index (χ1n) is 4.17. The summed E-state index contributed by atoms with van der Waals surface area (Å²) in [5, 5.41) is 10.9. The van der Waals surface area contributed by atoms with E-state index in [1.165, 1.54) is 0 Å². The van der Waals surface area contributed by atoms with Crippen LogP contribution in [0, 0.1) is 11.3 Å². The number of hydrogen-bond donors (Lipinski definition) is 1. The first-order valence-corrected chi connectivity index (χ1v) is 4.17. The lowest BCUT2D eigenvalue weighted by atomic mass is 10.3. The highest BCUT2D eigenvalue weighted by Gasteiger charge is 2.03. The van der Waals surface area contributed by atoms with Gasteiger partial charge in [0, 0.05) is 19.8 Å². The monoisotopic (exact) mass is 182 g/mol. The van der Waals surface area contributed by atoms with Gasteiger partial charge < -0.3 is 10.1 Å². The third-order valence-corrected chi connectivity index (χ3v) is 1.36. The highest BCUT2D eigenvalue weighted by Crippen LogP contribution is 1.86. The summed E-state index contributed by atoms with van der Waals surface area (Å²) in [6.45, 7) is 7.01. The van der Waals surface area contributed by atoms with Crippen LogP contribution in [-0.2, 0) is 9.53 Å². The van der Waals surface area contributed by atoms with Gasteiger partial charge in [-0.2, -0.15) is 5.26 Å². The minimum absolute atomic E-state index is 0.0589. The second-order valence-electron chi connectivity index (χ2n) is 2.40. The molecular weight excluding hydrogens is 168 g/mol. The molecule has 0 aliphatic rings. The van der Waals surface area contributed by atoms with E-state index in [-0.39, 0.29) is 5.57 Å². The number of rotatable bonds is 6. The fraction of sp³-hybridized carbons (Fsp3) is 0.556. The fourth-order valence-corrected chi connectivity index (χ4v) is 0.678. The zero-order chi connectivity index (χ0) is 10.1. The van der Waals surface area contributed by atoms with Gasteiger partial charge in [-0.3, -0.25) is 4.79 Å². The molecule has 0 aliphatic heterocycles. The summed E-state index contributed by atoms with van der Waals surface area (Å²) in [7, 11) is 0. The van der Waals surface area contributed by atoms with Gasteiger partial charge in [0.25, 0.3) is 5.91 Å². The maximum Gasteiger partial charge on any atom is 0.261 e. The van der Waals surface area contributed by atoms with Crippen LogP contribution in [0.2, 0.25) is 0 Å². The largest absolute Gasteiger partial charge is 0.382 e. The molecule has 0 saturated heterocycles. The minimum atomic E-state index is -0.404. The smallest absolute Gasteiger partial charge is 0.261 e. The SMILES string of the molecule is C=C(C#N)C(=O)NCCCOCC. The van der Waals surface area contributed by atoms with Crippen molar-refractivity contribution in [2.75, 3.05) is 19.8 Å². The van der Waals surface area contributed by atoms with Crippen LogP contribution in [0.25, 0.3) is 0 Å². The second kappa shape index (κ2) is 7.32. The molecule has 1 amide bonds. The molecule has 72 valence electrons. The summed E-state index contributed by atoms with van der Waals surface area (Å²) in [6, 6.07) is 1.68. The van der Waals surface area contributed by atoms with Crippen molar-refractivity contribution >= 4 is 5.91 Å². The van der Waals surface area contributed by atoms with Crippen LogP contribution in [-0.4, -0.2) is 25.7 Å². The van der Waals surface area contributed by atoms with Gasteiger partial charge in [0.1, 0.15) is 11.6 Å². The number of ether oxygens (including phenoxy) is 1. The second-order valence-corrected chi connectivity index (χ2v) is 2.40. The standard InChI is InChI=1S/C9H14N2O2/c1-3-13-6-4-5-11-9(12)8(2)7-10/h2-6H2,1H3,(H,11,12). The van der Waals surface area contributed by atoms with Crippen LogP contribution in [0.4, 0.5) is 0 Å². The predicted octanol–water partition coefficient (Wildman–Crippen LogP) is 0.609. The Bertz CT molecular complexity index is 218. The van der Waals surface area contributed by atoms with Crippen LogP contribution < -0.4 is 5.32 Å². The van der Waals surface area contributed by atoms with Crippen molar-refractivity contribution in [3.05, 3.63) is 12.2 Å². The Morgan fingerprint density at radius 2 is 2.38 bits per heavy atom. The summed E-state index contributed by atoms with van der Waals surface area (Å²) in [5.41, 5.74) is -0.0589. The molecule has 4 nitrogen and oxygen atoms in total. The summed E-state index contributed by atoms with van der Waals surface area (Å²) < 4.78 is 5.06. The zero-order valence-corrected chi connectivity index (χ0v) is 7.80. The van der Waals surface area contributed by atoms with E-state index < -0.39 is 5.91 Å². The van der Waals surface area contributed by atoms with Crippen molar-refractivity contribution in [3.63, 3.8) is 0 Å². The third-order valence-electron chi connectivity index (χ3n) is 1.36. The lowest BCUT2D eigenvalue weighted by molar-refractivity contribution is -0.117. The molecule has 0 spiro atoms. The average Bonchev–Trinajstić information content (AvgIpc) is 2.16. The molecule has 0 radical (unpaired) electrons. The molecule has 1 N–H and O–H groups in total. The van der Waals surface area contributed by atoms with Gasteiger partial charge in [0.15, 0.2) is 0 Å². The van der Waals surface area contributed by atoms with Crippen molar-refractivity contribution < 1.29 is 9.53 Å². The topological polar surface area (TPSA) is 62.1 Å². The van der Waals surface area contributed by atoms with Crippen LogP contribution in [0.5, 0.6) is 0 Å². The van der Waals surface area contributed by atoms with E-state index in [1.54, 1.807) is 6.07 Å². The molecule has 0 rings (SSSR count). The average molecular weight is 182 g/mol. The quantitative estimate of drug-likeness (QED) is 0.372. The maximum absolute atomic E-state index is 10.9. The van der Waals surface area contributed by atoms with Gasteiger partial charge in [-0.25, -0.2) is 0 Å². The Labute approximate surface area is 78.2 Å². The molecule has 4 heteroatoms. The number of nitrogens with one attached hydrogen (secondary N) is 1. The summed E-state index contributed by atoms with van der Waals surface area (Å²) in [4.78, 5) is 10.9. The zero-order valence-electron chi connectivity index (χ0n) is 7.80. The lowest BCUT2D eigenvalue weighted by Crippen LogP contribution is -2.25. The Balaban J connectivity index is 3.39. The predicted molar refractivity (Wildman–Crippen MR) is 48.9 cm³/mol. The first-order chi connectivity index (χ1) is 6.22. The lowest BCUT2D eigenvalue weighted by Gasteiger charge is -2.02. The molecule has 0 unspecified atom stereocenters. The van der Waals surface area contributed by atoms with Crippen LogP contribution in [0.15, 0.2) is 12.2 Å². The number of nitrogens with zero attached hydrogens (tertiary/aromatic N) is 1. The van der Waals surface area contributed by atoms with Gasteiger partial charge in [0.2, 0.25) is 0 Å². The van der Waals surface area contributed by atoms with Crippen molar-refractivity contribution in [1.82, 2.24) is 5.32 Å². The van der Waals surface area contributed by atoms with E-state index in [9.17, 15) is 4.79 Å². The number of nitriles is 1. The summed E-state index contributed by atoms with van der Waals surface area (Å²) >= 11 is 0. The number of amides is 1. The molecule has 0 aliphatic carbocycles. The Morgan fingerprint density at radius 1 is 1.69 bits per heavy atom. The molecule has 0 bridgehead atoms. The van der Waals surface area contributed by atoms with E-state index in [4.69, 9.17) is 10.00 Å². The normalized spacial score (nSPS) is 8.92. The Kier molecular flexibility index (Phi) is 6.56. The molecule has 0 atom stereocenters. The Hall–Kier alpha value is -1.34. The molecule has 0 heterocycles. The van der Waals surface area contributed by atoms with E-state index in [0.29, 0.717) is 19.8 Å². The van der Waals surface area contributed by atoms with E-state index in [2.05, 4.69) is 11.9 Å². The van der Waals surface area contributed by atoms with Crippen molar-refractivity contribution in [2.24, 2.45) is 0 Å². The first kappa shape index (κ1) is 11.7. The molecule has 0 aromatic rings. The Morgan fingerprint density at radius 3 is 2.92 bits per heavy atom. The van der Waals surface area contributed by atoms with Crippen molar-refractivity contribution in [3.8, 4) is 6.07 Å². The van der Waals surface area contributed by atoms with E-state index in [1.807, 2.05) is 6.92 Å². The van der Waals surface area contributed by atoms with Crippen LogP contribution >= 0.6 is 0 Å². The highest BCUT2D eigenvalue weighted by atomic mass is 16.5. The van der Waals surface area contributed by atoms with Gasteiger partial charge in [-0.15, -0.1) is 0 Å². The summed E-state index contributed by atoms with van der Waals surface area (Å²) in [5.74, 6) is -0.404. The molecule has 13 heavy (non-hydrogen) atoms. The van der Waals surface area contributed by atoms with Gasteiger partial charge in [-0.05, 0) is 13.3 Å². The fourth-order valence-electron chi connectivity index (χ4n) is 0.678. The van der Waals surface area contributed by atoms with Gasteiger partial charge in [-0.1, -0.05) is 6.58 Å². The molecular formula is C9H14N2O2. The molecule has 0 fully saturated rings. The minimum Gasteiger partial charge on any atom is -0.382 e. The number of carbonyl (C=O) groups excluding carboxylic acids is 1. The summed E-state index contributed by atoms with van der Waals surface area (Å²) in [6.07, 6.45) is 0.748. The van der Waals surface area contributed by atoms with Crippen LogP contribution in [0.1, 0.15) is 13.3 Å². The number of hydrogen-bond acceptors (Lipinski definition) is 3. The highest BCUT2D eigenvalue weighted by molar-refractivity contribution is 5.96. The molecule has 0 aromatic heterocycles.